The van der Waals surface area contributed by atoms with Gasteiger partial charge in [0.15, 0.2) is 0 Å². The number of thioether (sulfide) groups is 1. The van der Waals surface area contributed by atoms with E-state index >= 15 is 0 Å². The minimum atomic E-state index is -5.78. The molecule has 0 aliphatic carbocycles. The first-order valence-corrected chi connectivity index (χ1v) is 16.4. The molecular weight excluding hydrogens is 621 g/mol. The number of hydrogen-bond donors (Lipinski definition) is 0. The van der Waals surface area contributed by atoms with Crippen LogP contribution in [0.4, 0.5) is 18.9 Å². The second-order valence-electron chi connectivity index (χ2n) is 10.1. The smallest absolute Gasteiger partial charge is 0.457 e. The Kier molecular flexibility index (Phi) is 7.65. The number of alkyl halides is 3. The SMILES string of the molecule is C=CCOC(=O)C1=C(CN2c3cccc4c(CCOS(=O)(=O)C(F)(F)F)ccc(c34)S2(=O)=O)SC2C(C(C)C)C(=O)N12. The maximum absolute atomic E-state index is 13.7. The number of esters is 1. The molecule has 0 bridgehead atoms. The molecule has 5 rings (SSSR count). The van der Waals surface area contributed by atoms with Crippen LogP contribution >= 0.6 is 11.8 Å². The van der Waals surface area contributed by atoms with Gasteiger partial charge < -0.3 is 4.74 Å². The highest BCUT2D eigenvalue weighted by Crippen LogP contribution is 2.53. The zero-order valence-corrected chi connectivity index (χ0v) is 24.7. The summed E-state index contributed by atoms with van der Waals surface area (Å²) in [7, 11) is -9.94. The lowest BCUT2D eigenvalue weighted by Gasteiger charge is -2.44. The van der Waals surface area contributed by atoms with E-state index in [4.69, 9.17) is 4.74 Å². The third-order valence-corrected chi connectivity index (χ3v) is 11.4. The van der Waals surface area contributed by atoms with E-state index in [9.17, 15) is 39.6 Å². The fourth-order valence-corrected chi connectivity index (χ4v) is 9.12. The van der Waals surface area contributed by atoms with Gasteiger partial charge >= 0.3 is 21.6 Å². The quantitative estimate of drug-likeness (QED) is 0.124. The molecule has 42 heavy (non-hydrogen) atoms. The molecule has 1 amide bonds. The van der Waals surface area contributed by atoms with Gasteiger partial charge in [-0.15, -0.1) is 0 Å². The summed E-state index contributed by atoms with van der Waals surface area (Å²) in [5.74, 6) is -1.41. The number of ether oxygens (including phenoxy) is 1. The number of fused-ring (bicyclic) bond motifs is 1. The largest absolute Gasteiger partial charge is 0.523 e. The zero-order chi connectivity index (χ0) is 30.8. The second-order valence-corrected chi connectivity index (χ2v) is 14.7. The Morgan fingerprint density at radius 2 is 1.93 bits per heavy atom. The van der Waals surface area contributed by atoms with Crippen molar-refractivity contribution in [3.05, 3.63) is 59.2 Å². The molecule has 1 fully saturated rings. The first-order chi connectivity index (χ1) is 19.6. The summed E-state index contributed by atoms with van der Waals surface area (Å²) in [5.41, 5.74) is -4.94. The number of halogens is 3. The molecule has 2 atom stereocenters. The van der Waals surface area contributed by atoms with E-state index in [0.717, 1.165) is 4.31 Å². The number of amides is 1. The first-order valence-electron chi connectivity index (χ1n) is 12.7. The molecule has 3 aliphatic heterocycles. The van der Waals surface area contributed by atoms with Crippen LogP contribution in [-0.4, -0.2) is 64.3 Å². The fourth-order valence-electron chi connectivity index (χ4n) is 5.26. The van der Waals surface area contributed by atoms with E-state index in [0.29, 0.717) is 21.2 Å². The lowest BCUT2D eigenvalue weighted by Crippen LogP contribution is -2.59. The number of carbonyl (C=O) groups is 2. The fraction of sp³-hybridized carbons (Fsp3) is 0.385. The summed E-state index contributed by atoms with van der Waals surface area (Å²) in [5, 5.41) is 0.302. The highest BCUT2D eigenvalue weighted by molar-refractivity contribution is 8.04. The average molecular weight is 647 g/mol. The van der Waals surface area contributed by atoms with Crippen LogP contribution in [-0.2, 0) is 45.1 Å². The highest BCUT2D eigenvalue weighted by atomic mass is 32.2. The van der Waals surface area contributed by atoms with Gasteiger partial charge in [0.2, 0.25) is 5.91 Å². The second kappa shape index (κ2) is 10.6. The summed E-state index contributed by atoms with van der Waals surface area (Å²) in [6.45, 7) is 6.11. The standard InChI is InChI=1S/C26H25F3N2O8S3/c1-4-11-38-25(33)22-18(40-24-20(14(2)3)23(32)31(22)24)13-30-17-7-5-6-16-15(8-9-19(21(16)17)41(30,34)35)10-12-39-42(36,37)26(27,28)29/h4-9,14,20,24H,1,10-13H2,2-3H3. The number of β-lactam (4-membered cyclic amide) rings is 1. The van der Waals surface area contributed by atoms with Gasteiger partial charge in [0.1, 0.15) is 12.3 Å². The lowest BCUT2D eigenvalue weighted by molar-refractivity contribution is -0.155. The Labute approximate surface area is 244 Å². The van der Waals surface area contributed by atoms with Gasteiger partial charge in [-0.25, -0.2) is 13.2 Å². The number of anilines is 1. The molecule has 0 radical (unpaired) electrons. The van der Waals surface area contributed by atoms with Gasteiger partial charge in [-0.1, -0.05) is 56.5 Å². The Morgan fingerprint density at radius 1 is 1.21 bits per heavy atom. The van der Waals surface area contributed by atoms with Crippen LogP contribution in [0.1, 0.15) is 19.4 Å². The van der Waals surface area contributed by atoms with Crippen molar-refractivity contribution in [2.75, 3.05) is 24.1 Å². The molecule has 3 heterocycles. The minimum absolute atomic E-state index is 0.0157. The molecule has 16 heteroatoms. The number of benzene rings is 2. The van der Waals surface area contributed by atoms with Crippen molar-refractivity contribution < 1.29 is 48.5 Å². The predicted molar refractivity (Wildman–Crippen MR) is 148 cm³/mol. The van der Waals surface area contributed by atoms with E-state index in [1.807, 2.05) is 13.8 Å². The third-order valence-electron chi connectivity index (χ3n) is 7.18. The van der Waals surface area contributed by atoms with Crippen molar-refractivity contribution in [2.45, 2.75) is 36.0 Å². The van der Waals surface area contributed by atoms with E-state index in [2.05, 4.69) is 10.8 Å². The Balaban J connectivity index is 1.49. The van der Waals surface area contributed by atoms with E-state index in [1.165, 1.54) is 34.9 Å². The van der Waals surface area contributed by atoms with Gasteiger partial charge in [0, 0.05) is 10.3 Å². The van der Waals surface area contributed by atoms with Gasteiger partial charge in [-0.2, -0.15) is 21.6 Å². The Morgan fingerprint density at radius 3 is 2.57 bits per heavy atom. The number of hydrogen-bond acceptors (Lipinski definition) is 9. The maximum Gasteiger partial charge on any atom is 0.523 e. The molecule has 2 aromatic rings. The number of nitrogens with zero attached hydrogens (tertiary/aromatic N) is 2. The van der Waals surface area contributed by atoms with Gasteiger partial charge in [-0.05, 0) is 35.4 Å². The maximum atomic E-state index is 13.7. The summed E-state index contributed by atoms with van der Waals surface area (Å²) in [6, 6.07) is 7.39. The summed E-state index contributed by atoms with van der Waals surface area (Å²) in [4.78, 5) is 27.6. The van der Waals surface area contributed by atoms with Gasteiger partial charge in [-0.3, -0.25) is 18.2 Å². The molecule has 0 spiro atoms. The molecule has 2 aromatic carbocycles. The predicted octanol–water partition coefficient (Wildman–Crippen LogP) is 3.89. The van der Waals surface area contributed by atoms with Crippen molar-refractivity contribution >= 4 is 60.2 Å². The molecule has 1 saturated heterocycles. The van der Waals surface area contributed by atoms with Crippen molar-refractivity contribution in [2.24, 2.45) is 11.8 Å². The van der Waals surface area contributed by atoms with Crippen LogP contribution in [0.3, 0.4) is 0 Å². The molecule has 0 aromatic heterocycles. The van der Waals surface area contributed by atoms with Crippen molar-refractivity contribution in [1.29, 1.82) is 0 Å². The van der Waals surface area contributed by atoms with Crippen molar-refractivity contribution in [3.63, 3.8) is 0 Å². The molecule has 0 N–H and O–H groups in total. The molecule has 0 saturated carbocycles. The van der Waals surface area contributed by atoms with Crippen LogP contribution in [0, 0.1) is 11.8 Å². The number of sulfonamides is 1. The minimum Gasteiger partial charge on any atom is -0.457 e. The molecule has 226 valence electrons. The highest BCUT2D eigenvalue weighted by Gasteiger charge is 2.57. The lowest BCUT2D eigenvalue weighted by atomic mass is 9.86. The van der Waals surface area contributed by atoms with Crippen molar-refractivity contribution in [3.8, 4) is 0 Å². The average Bonchev–Trinajstić information content (AvgIpc) is 3.33. The van der Waals surface area contributed by atoms with Crippen molar-refractivity contribution in [1.82, 2.24) is 4.90 Å². The molecule has 10 nitrogen and oxygen atoms in total. The Hall–Kier alpha value is -3.08. The third kappa shape index (κ3) is 4.77. The van der Waals surface area contributed by atoms with Crippen LogP contribution in [0.5, 0.6) is 0 Å². The summed E-state index contributed by atoms with van der Waals surface area (Å²) < 4.78 is 98.4. The monoisotopic (exact) mass is 646 g/mol. The molecule has 3 aliphatic rings. The first kappa shape index (κ1) is 30.4. The zero-order valence-electron chi connectivity index (χ0n) is 22.3. The normalized spacial score (nSPS) is 21.2. The molecule has 2 unspecified atom stereocenters. The van der Waals surface area contributed by atoms with Crippen LogP contribution in [0.15, 0.2) is 58.5 Å². The van der Waals surface area contributed by atoms with E-state index in [1.54, 1.807) is 18.2 Å². The van der Waals surface area contributed by atoms with Crippen LogP contribution in [0.25, 0.3) is 10.8 Å². The van der Waals surface area contributed by atoms with Gasteiger partial charge in [0.05, 0.1) is 35.0 Å². The molecular formula is C26H25F3N2O8S3. The number of carbonyl (C=O) groups excluding carboxylic acids is 2. The van der Waals surface area contributed by atoms with E-state index in [-0.39, 0.29) is 59.0 Å². The summed E-state index contributed by atoms with van der Waals surface area (Å²) >= 11 is 1.23. The summed E-state index contributed by atoms with van der Waals surface area (Å²) in [6.07, 6.45) is 1.13. The van der Waals surface area contributed by atoms with Crippen LogP contribution in [0.2, 0.25) is 0 Å². The number of rotatable bonds is 10. The van der Waals surface area contributed by atoms with E-state index < -0.39 is 38.2 Å². The van der Waals surface area contributed by atoms with Crippen LogP contribution < -0.4 is 4.31 Å². The topological polar surface area (TPSA) is 127 Å². The Bertz CT molecular complexity index is 1750. The van der Waals surface area contributed by atoms with Gasteiger partial charge in [0.25, 0.3) is 10.0 Å².